The first-order valence-electron chi connectivity index (χ1n) is 8.40. The van der Waals surface area contributed by atoms with Crippen molar-refractivity contribution in [2.75, 3.05) is 39.8 Å². The van der Waals surface area contributed by atoms with Crippen LogP contribution in [0.4, 0.5) is 0 Å². The van der Waals surface area contributed by atoms with E-state index in [-0.39, 0.29) is 11.9 Å². The fraction of sp³-hybridized carbons (Fsp3) is 0.368. The van der Waals surface area contributed by atoms with E-state index in [1.165, 1.54) is 5.56 Å². The van der Waals surface area contributed by atoms with Crippen LogP contribution in [0.5, 0.6) is 0 Å². The largest absolute Gasteiger partial charge is 0.350 e. The number of hydrogen-bond acceptors (Lipinski definition) is 5. The van der Waals surface area contributed by atoms with Crippen LogP contribution in [-0.2, 0) is 0 Å². The molecule has 1 unspecified atom stereocenters. The van der Waals surface area contributed by atoms with Crippen molar-refractivity contribution in [1.29, 1.82) is 5.26 Å². The summed E-state index contributed by atoms with van der Waals surface area (Å²) in [5.74, 6) is -0.0983. The number of hydrogen-bond donors (Lipinski definition) is 1. The quantitative estimate of drug-likeness (QED) is 0.895. The van der Waals surface area contributed by atoms with Gasteiger partial charge in [-0.15, -0.1) is 0 Å². The van der Waals surface area contributed by atoms with E-state index in [1.807, 2.05) is 0 Å². The van der Waals surface area contributed by atoms with Crippen LogP contribution in [0.25, 0.3) is 0 Å². The van der Waals surface area contributed by atoms with Crippen molar-refractivity contribution in [2.45, 2.75) is 6.04 Å². The van der Waals surface area contributed by atoms with E-state index in [0.29, 0.717) is 17.7 Å². The second kappa shape index (κ2) is 8.26. The molecule has 1 fully saturated rings. The van der Waals surface area contributed by atoms with E-state index < -0.39 is 0 Å². The zero-order valence-electron chi connectivity index (χ0n) is 14.3. The molecule has 0 aliphatic carbocycles. The summed E-state index contributed by atoms with van der Waals surface area (Å²) < 4.78 is 0. The number of likely N-dealkylation sites (N-methyl/N-ethyl adjacent to an activating group) is 1. The van der Waals surface area contributed by atoms with Gasteiger partial charge in [0.2, 0.25) is 0 Å². The average Bonchev–Trinajstić information content (AvgIpc) is 3.17. The summed E-state index contributed by atoms with van der Waals surface area (Å²) in [6, 6.07) is 11.1. The predicted octanol–water partition coefficient (Wildman–Crippen LogP) is 2.34. The van der Waals surface area contributed by atoms with Crippen LogP contribution in [-0.4, -0.2) is 55.5 Å². The molecular formula is C19H22N4OS. The Morgan fingerprint density at radius 2 is 1.96 bits per heavy atom. The van der Waals surface area contributed by atoms with Gasteiger partial charge in [-0.2, -0.15) is 16.6 Å². The Morgan fingerprint density at radius 3 is 2.56 bits per heavy atom. The smallest absolute Gasteiger partial charge is 0.251 e. The van der Waals surface area contributed by atoms with Crippen molar-refractivity contribution in [1.82, 2.24) is 15.1 Å². The molecule has 1 amide bonds. The van der Waals surface area contributed by atoms with E-state index in [9.17, 15) is 4.79 Å². The molecule has 1 aromatic heterocycles. The number of nitriles is 1. The van der Waals surface area contributed by atoms with Crippen LogP contribution in [0.15, 0.2) is 41.1 Å². The molecule has 6 heteroatoms. The summed E-state index contributed by atoms with van der Waals surface area (Å²) in [4.78, 5) is 17.2. The summed E-state index contributed by atoms with van der Waals surface area (Å²) in [6.45, 7) is 4.68. The number of thiophene rings is 1. The van der Waals surface area contributed by atoms with Gasteiger partial charge >= 0.3 is 0 Å². The molecule has 1 atom stereocenters. The van der Waals surface area contributed by atoms with Crippen LogP contribution in [0.2, 0.25) is 0 Å². The minimum Gasteiger partial charge on any atom is -0.350 e. The maximum Gasteiger partial charge on any atom is 0.251 e. The number of nitrogens with zero attached hydrogens (tertiary/aromatic N) is 3. The molecule has 1 saturated heterocycles. The van der Waals surface area contributed by atoms with Crippen LogP contribution < -0.4 is 5.32 Å². The first-order valence-corrected chi connectivity index (χ1v) is 9.34. The Labute approximate surface area is 152 Å². The minimum absolute atomic E-state index is 0.0983. The summed E-state index contributed by atoms with van der Waals surface area (Å²) >= 11 is 1.69. The molecule has 130 valence electrons. The van der Waals surface area contributed by atoms with Gasteiger partial charge in [0.1, 0.15) is 0 Å². The van der Waals surface area contributed by atoms with Gasteiger partial charge in [0, 0.05) is 38.3 Å². The van der Waals surface area contributed by atoms with Gasteiger partial charge in [-0.1, -0.05) is 0 Å². The fourth-order valence-corrected chi connectivity index (χ4v) is 3.75. The normalized spacial score (nSPS) is 17.0. The second-order valence-electron chi connectivity index (χ2n) is 6.31. The van der Waals surface area contributed by atoms with Crippen molar-refractivity contribution in [3.05, 3.63) is 57.8 Å². The van der Waals surface area contributed by atoms with Gasteiger partial charge in [-0.05, 0) is 53.7 Å². The summed E-state index contributed by atoms with van der Waals surface area (Å²) in [6.07, 6.45) is 0. The third-order valence-electron chi connectivity index (χ3n) is 4.64. The maximum atomic E-state index is 12.4. The second-order valence-corrected chi connectivity index (χ2v) is 7.09. The number of amides is 1. The van der Waals surface area contributed by atoms with Crippen molar-refractivity contribution in [3.63, 3.8) is 0 Å². The molecule has 25 heavy (non-hydrogen) atoms. The van der Waals surface area contributed by atoms with Crippen LogP contribution >= 0.6 is 11.3 Å². The highest BCUT2D eigenvalue weighted by Crippen LogP contribution is 2.23. The maximum absolute atomic E-state index is 12.4. The third-order valence-corrected chi connectivity index (χ3v) is 5.34. The lowest BCUT2D eigenvalue weighted by Gasteiger charge is -2.38. The molecule has 0 radical (unpaired) electrons. The Kier molecular flexibility index (Phi) is 5.82. The van der Waals surface area contributed by atoms with Crippen molar-refractivity contribution >= 4 is 17.2 Å². The molecule has 2 aromatic rings. The highest BCUT2D eigenvalue weighted by molar-refractivity contribution is 7.07. The fourth-order valence-electron chi connectivity index (χ4n) is 3.04. The molecule has 5 nitrogen and oxygen atoms in total. The van der Waals surface area contributed by atoms with Crippen molar-refractivity contribution in [2.24, 2.45) is 0 Å². The molecule has 1 N–H and O–H groups in total. The molecule has 0 bridgehead atoms. The highest BCUT2D eigenvalue weighted by atomic mass is 32.1. The minimum atomic E-state index is -0.0983. The van der Waals surface area contributed by atoms with Gasteiger partial charge in [-0.25, -0.2) is 0 Å². The standard InChI is InChI=1S/C19H22N4OS/c1-22-7-9-23(10-8-22)18(17-6-11-25-14-17)13-21-19(24)16-4-2-15(12-20)3-5-16/h2-6,11,14,18H,7-10,13H2,1H3,(H,21,24). The van der Waals surface area contributed by atoms with Crippen LogP contribution in [0.3, 0.4) is 0 Å². The average molecular weight is 354 g/mol. The summed E-state index contributed by atoms with van der Waals surface area (Å²) in [5, 5.41) is 16.2. The Morgan fingerprint density at radius 1 is 1.24 bits per heavy atom. The molecular weight excluding hydrogens is 332 g/mol. The van der Waals surface area contributed by atoms with Gasteiger partial charge in [-0.3, -0.25) is 9.69 Å². The van der Waals surface area contributed by atoms with E-state index in [4.69, 9.17) is 5.26 Å². The van der Waals surface area contributed by atoms with Crippen LogP contribution in [0.1, 0.15) is 27.5 Å². The molecule has 3 rings (SSSR count). The highest BCUT2D eigenvalue weighted by Gasteiger charge is 2.24. The first kappa shape index (κ1) is 17.6. The lowest BCUT2D eigenvalue weighted by Crippen LogP contribution is -2.48. The monoisotopic (exact) mass is 354 g/mol. The molecule has 1 aliphatic rings. The van der Waals surface area contributed by atoms with Gasteiger partial charge in [0.15, 0.2) is 0 Å². The SMILES string of the molecule is CN1CCN(C(CNC(=O)c2ccc(C#N)cc2)c2ccsc2)CC1. The van der Waals surface area contributed by atoms with Crippen molar-refractivity contribution < 1.29 is 4.79 Å². The van der Waals surface area contributed by atoms with E-state index in [1.54, 1.807) is 35.6 Å². The zero-order valence-corrected chi connectivity index (χ0v) is 15.1. The lowest BCUT2D eigenvalue weighted by molar-refractivity contribution is 0.0887. The number of nitrogens with one attached hydrogen (secondary N) is 1. The Balaban J connectivity index is 1.66. The van der Waals surface area contributed by atoms with Crippen LogP contribution in [0, 0.1) is 11.3 Å². The summed E-state index contributed by atoms with van der Waals surface area (Å²) in [7, 11) is 2.14. The molecule has 0 spiro atoms. The zero-order chi connectivity index (χ0) is 17.6. The van der Waals surface area contributed by atoms with E-state index in [2.05, 4.69) is 45.1 Å². The number of piperazine rings is 1. The van der Waals surface area contributed by atoms with Gasteiger partial charge < -0.3 is 10.2 Å². The number of carbonyl (C=O) groups is 1. The van der Waals surface area contributed by atoms with Gasteiger partial charge in [0.25, 0.3) is 5.91 Å². The number of benzene rings is 1. The number of rotatable bonds is 5. The van der Waals surface area contributed by atoms with Gasteiger partial charge in [0.05, 0.1) is 17.7 Å². The molecule has 0 saturated carbocycles. The molecule has 1 aliphatic heterocycles. The van der Waals surface area contributed by atoms with E-state index >= 15 is 0 Å². The Bertz CT molecular complexity index is 728. The Hall–Kier alpha value is -2.20. The topological polar surface area (TPSA) is 59.4 Å². The van der Waals surface area contributed by atoms with Crippen molar-refractivity contribution in [3.8, 4) is 6.07 Å². The first-order chi connectivity index (χ1) is 12.2. The predicted molar refractivity (Wildman–Crippen MR) is 99.6 cm³/mol. The lowest BCUT2D eigenvalue weighted by atomic mass is 10.1. The molecule has 1 aromatic carbocycles. The molecule has 2 heterocycles. The third kappa shape index (κ3) is 4.45. The number of carbonyl (C=O) groups excluding carboxylic acids is 1. The summed E-state index contributed by atoms with van der Waals surface area (Å²) in [5.41, 5.74) is 2.40. The van der Waals surface area contributed by atoms with E-state index in [0.717, 1.165) is 26.2 Å².